The van der Waals surface area contributed by atoms with Crippen LogP contribution < -0.4 is 16.4 Å². The lowest BCUT2D eigenvalue weighted by Gasteiger charge is -2.18. The zero-order valence-corrected chi connectivity index (χ0v) is 11.5. The van der Waals surface area contributed by atoms with Crippen LogP contribution in [0, 0.1) is 0 Å². The topological polar surface area (TPSA) is 125 Å². The van der Waals surface area contributed by atoms with E-state index in [-0.39, 0.29) is 44.5 Å². The van der Waals surface area contributed by atoms with Crippen LogP contribution >= 0.6 is 0 Å². The predicted molar refractivity (Wildman–Crippen MR) is 71.4 cm³/mol. The number of nitrogens with zero attached hydrogens (tertiary/aromatic N) is 2. The second-order valence-corrected chi connectivity index (χ2v) is 3.96. The van der Waals surface area contributed by atoms with E-state index in [1.807, 2.05) is 0 Å². The summed E-state index contributed by atoms with van der Waals surface area (Å²) in [7, 11) is 1.47. The summed E-state index contributed by atoms with van der Waals surface area (Å²) in [6.45, 7) is 0.830. The molecule has 0 fully saturated rings. The number of carbonyl (C=O) groups is 4. The van der Waals surface area contributed by atoms with Crippen LogP contribution in [0.2, 0.25) is 0 Å². The lowest BCUT2D eigenvalue weighted by atomic mass is 10.4. The van der Waals surface area contributed by atoms with E-state index in [1.54, 1.807) is 0 Å². The Morgan fingerprint density at radius 3 is 2.10 bits per heavy atom. The number of carbonyl (C=O) groups excluding carboxylic acids is 4. The Bertz CT molecular complexity index is 337. The SMILES string of the molecule is CNC(=O)CN(C=O)CCNC(=O)CN(C=O)CCN. The molecule has 0 aromatic heterocycles. The highest BCUT2D eigenvalue weighted by Crippen LogP contribution is 1.84. The monoisotopic (exact) mass is 287 g/mol. The smallest absolute Gasteiger partial charge is 0.239 e. The van der Waals surface area contributed by atoms with Gasteiger partial charge in [0.05, 0.1) is 13.1 Å². The molecule has 4 amide bonds. The fourth-order valence-electron chi connectivity index (χ4n) is 1.35. The number of hydrogen-bond acceptors (Lipinski definition) is 5. The molecule has 0 aliphatic carbocycles. The number of nitrogens with one attached hydrogen (secondary N) is 2. The van der Waals surface area contributed by atoms with Crippen molar-refractivity contribution in [3.05, 3.63) is 0 Å². The van der Waals surface area contributed by atoms with Gasteiger partial charge in [-0.05, 0) is 0 Å². The van der Waals surface area contributed by atoms with Crippen LogP contribution in [0.4, 0.5) is 0 Å². The molecule has 0 aromatic rings. The molecule has 0 heterocycles. The number of amides is 4. The van der Waals surface area contributed by atoms with Crippen molar-refractivity contribution in [1.82, 2.24) is 20.4 Å². The van der Waals surface area contributed by atoms with E-state index in [9.17, 15) is 19.2 Å². The third kappa shape index (κ3) is 8.03. The van der Waals surface area contributed by atoms with Gasteiger partial charge in [0.15, 0.2) is 0 Å². The first-order valence-electron chi connectivity index (χ1n) is 6.13. The molecule has 0 saturated carbocycles. The molecule has 4 N–H and O–H groups in total. The van der Waals surface area contributed by atoms with Crippen LogP contribution in [0.1, 0.15) is 0 Å². The number of nitrogens with two attached hydrogens (primary N) is 1. The molecule has 0 rings (SSSR count). The Balaban J connectivity index is 3.96. The van der Waals surface area contributed by atoms with Gasteiger partial charge in [-0.2, -0.15) is 0 Å². The molecular weight excluding hydrogens is 266 g/mol. The summed E-state index contributed by atoms with van der Waals surface area (Å²) in [5, 5.41) is 4.94. The van der Waals surface area contributed by atoms with Crippen molar-refractivity contribution >= 4 is 24.6 Å². The maximum atomic E-state index is 11.5. The van der Waals surface area contributed by atoms with Crippen LogP contribution in [0.15, 0.2) is 0 Å². The highest BCUT2D eigenvalue weighted by atomic mass is 16.2. The molecule has 0 aliphatic heterocycles. The summed E-state index contributed by atoms with van der Waals surface area (Å²) in [5.74, 6) is -0.644. The first-order chi connectivity index (χ1) is 9.57. The molecule has 0 atom stereocenters. The highest BCUT2D eigenvalue weighted by Gasteiger charge is 2.09. The van der Waals surface area contributed by atoms with Gasteiger partial charge in [0.1, 0.15) is 0 Å². The van der Waals surface area contributed by atoms with Gasteiger partial charge < -0.3 is 26.2 Å². The van der Waals surface area contributed by atoms with E-state index in [1.165, 1.54) is 16.8 Å². The summed E-state index contributed by atoms with van der Waals surface area (Å²) < 4.78 is 0. The van der Waals surface area contributed by atoms with Crippen LogP contribution in [0.3, 0.4) is 0 Å². The quantitative estimate of drug-likeness (QED) is 0.344. The lowest BCUT2D eigenvalue weighted by molar-refractivity contribution is -0.129. The lowest BCUT2D eigenvalue weighted by Crippen LogP contribution is -2.43. The van der Waals surface area contributed by atoms with Crippen molar-refractivity contribution in [2.75, 3.05) is 46.3 Å². The normalized spacial score (nSPS) is 9.50. The molecule has 0 radical (unpaired) electrons. The second-order valence-electron chi connectivity index (χ2n) is 3.96. The number of hydrogen-bond donors (Lipinski definition) is 3. The van der Waals surface area contributed by atoms with Crippen LogP contribution in [-0.4, -0.2) is 80.8 Å². The Hall–Kier alpha value is -2.16. The van der Waals surface area contributed by atoms with Gasteiger partial charge >= 0.3 is 0 Å². The average Bonchev–Trinajstić information content (AvgIpc) is 2.45. The first kappa shape index (κ1) is 17.8. The Kier molecular flexibility index (Phi) is 9.57. The van der Waals surface area contributed by atoms with Crippen LogP contribution in [0.5, 0.6) is 0 Å². The van der Waals surface area contributed by atoms with Gasteiger partial charge in [0.25, 0.3) is 0 Å². The van der Waals surface area contributed by atoms with Gasteiger partial charge in [-0.3, -0.25) is 19.2 Å². The molecule has 0 aliphatic rings. The van der Waals surface area contributed by atoms with Crippen molar-refractivity contribution < 1.29 is 19.2 Å². The third-order valence-electron chi connectivity index (χ3n) is 2.41. The van der Waals surface area contributed by atoms with Crippen LogP contribution in [0.25, 0.3) is 0 Å². The van der Waals surface area contributed by atoms with E-state index in [0.717, 1.165) is 0 Å². The molecule has 0 aromatic carbocycles. The van der Waals surface area contributed by atoms with E-state index < -0.39 is 0 Å². The van der Waals surface area contributed by atoms with Gasteiger partial charge in [-0.15, -0.1) is 0 Å². The molecule has 9 heteroatoms. The molecular formula is C11H21N5O4. The summed E-state index contributed by atoms with van der Waals surface area (Å²) in [5.41, 5.74) is 5.28. The summed E-state index contributed by atoms with van der Waals surface area (Å²) in [4.78, 5) is 46.4. The Morgan fingerprint density at radius 2 is 1.60 bits per heavy atom. The molecule has 114 valence electrons. The molecule has 9 nitrogen and oxygen atoms in total. The van der Waals surface area contributed by atoms with Crippen LogP contribution in [-0.2, 0) is 19.2 Å². The van der Waals surface area contributed by atoms with E-state index in [4.69, 9.17) is 5.73 Å². The zero-order valence-electron chi connectivity index (χ0n) is 11.5. The second kappa shape index (κ2) is 10.7. The summed E-state index contributed by atoms with van der Waals surface area (Å²) in [6, 6.07) is 0. The maximum absolute atomic E-state index is 11.5. The van der Waals surface area contributed by atoms with E-state index in [2.05, 4.69) is 10.6 Å². The van der Waals surface area contributed by atoms with Crippen molar-refractivity contribution in [3.63, 3.8) is 0 Å². The minimum absolute atomic E-state index is 0.0660. The van der Waals surface area contributed by atoms with E-state index in [0.29, 0.717) is 19.4 Å². The van der Waals surface area contributed by atoms with Gasteiger partial charge in [0, 0.05) is 33.2 Å². The fraction of sp³-hybridized carbons (Fsp3) is 0.636. The highest BCUT2D eigenvalue weighted by molar-refractivity contribution is 5.80. The van der Waals surface area contributed by atoms with Gasteiger partial charge in [-0.1, -0.05) is 0 Å². The van der Waals surface area contributed by atoms with Gasteiger partial charge in [-0.25, -0.2) is 0 Å². The molecule has 0 bridgehead atoms. The maximum Gasteiger partial charge on any atom is 0.239 e. The minimum atomic E-state index is -0.351. The van der Waals surface area contributed by atoms with Crippen molar-refractivity contribution in [2.24, 2.45) is 5.73 Å². The average molecular weight is 287 g/mol. The Labute approximate surface area is 117 Å². The molecule has 20 heavy (non-hydrogen) atoms. The van der Waals surface area contributed by atoms with E-state index >= 15 is 0 Å². The number of rotatable bonds is 11. The fourth-order valence-corrected chi connectivity index (χ4v) is 1.35. The third-order valence-corrected chi connectivity index (χ3v) is 2.41. The summed E-state index contributed by atoms with van der Waals surface area (Å²) in [6.07, 6.45) is 1.09. The first-order valence-corrected chi connectivity index (χ1v) is 6.13. The Morgan fingerprint density at radius 1 is 1.05 bits per heavy atom. The molecule has 0 spiro atoms. The predicted octanol–water partition coefficient (Wildman–Crippen LogP) is -3.28. The minimum Gasteiger partial charge on any atom is -0.358 e. The van der Waals surface area contributed by atoms with Crippen molar-refractivity contribution in [2.45, 2.75) is 0 Å². The number of likely N-dealkylation sites (N-methyl/N-ethyl adjacent to an activating group) is 1. The standard InChI is InChI=1S/C11H21N5O4/c1-13-10(19)6-16(9-18)5-3-14-11(20)7-15(8-17)4-2-12/h8-9H,2-7,12H2,1H3,(H,13,19)(H,14,20). The van der Waals surface area contributed by atoms with Gasteiger partial charge in [0.2, 0.25) is 24.6 Å². The molecule has 0 unspecified atom stereocenters. The zero-order chi connectivity index (χ0) is 15.4. The summed E-state index contributed by atoms with van der Waals surface area (Å²) >= 11 is 0. The van der Waals surface area contributed by atoms with Crippen molar-refractivity contribution in [1.29, 1.82) is 0 Å². The largest absolute Gasteiger partial charge is 0.358 e. The van der Waals surface area contributed by atoms with Crippen molar-refractivity contribution in [3.8, 4) is 0 Å². The molecule has 0 saturated heterocycles.